The first-order chi connectivity index (χ1) is 14.0. The molecule has 2 aromatic carbocycles. The largest absolute Gasteiger partial charge is 0.485 e. The van der Waals surface area contributed by atoms with E-state index in [9.17, 15) is 18.7 Å². The van der Waals surface area contributed by atoms with Crippen LogP contribution in [-0.4, -0.2) is 45.8 Å². The van der Waals surface area contributed by atoms with Gasteiger partial charge in [0.1, 0.15) is 18.5 Å². The van der Waals surface area contributed by atoms with Crippen molar-refractivity contribution in [3.8, 4) is 5.75 Å². The monoisotopic (exact) mass is 400 g/mol. The molecule has 1 saturated heterocycles. The zero-order valence-electron chi connectivity index (χ0n) is 15.8. The summed E-state index contributed by atoms with van der Waals surface area (Å²) < 4.78 is 34.8. The molecule has 1 aliphatic heterocycles. The third-order valence-corrected chi connectivity index (χ3v) is 5.32. The van der Waals surface area contributed by atoms with Crippen LogP contribution in [0.5, 0.6) is 5.75 Å². The summed E-state index contributed by atoms with van der Waals surface area (Å²) in [6, 6.07) is 12.4. The lowest BCUT2D eigenvalue weighted by molar-refractivity contribution is -0.131. The van der Waals surface area contributed by atoms with E-state index >= 15 is 0 Å². The fourth-order valence-corrected chi connectivity index (χ4v) is 3.69. The normalized spacial score (nSPS) is 19.9. The first-order valence-corrected chi connectivity index (χ1v) is 9.62. The lowest BCUT2D eigenvalue weighted by Gasteiger charge is -2.22. The minimum Gasteiger partial charge on any atom is -0.485 e. The topological polar surface area (TPSA) is 54.7 Å². The zero-order chi connectivity index (χ0) is 20.4. The summed E-state index contributed by atoms with van der Waals surface area (Å²) in [4.78, 5) is 14.5. The smallest absolute Gasteiger partial charge is 0.242 e. The van der Waals surface area contributed by atoms with Crippen LogP contribution in [0.15, 0.2) is 54.7 Å². The van der Waals surface area contributed by atoms with Crippen molar-refractivity contribution < 1.29 is 23.4 Å². The third kappa shape index (κ3) is 4.24. The molecule has 29 heavy (non-hydrogen) atoms. The number of aliphatic hydroxyl groups excluding tert-OH is 1. The predicted molar refractivity (Wildman–Crippen MR) is 105 cm³/mol. The Bertz CT molecular complexity index is 1020. The number of halogens is 2. The van der Waals surface area contributed by atoms with Gasteiger partial charge in [-0.15, -0.1) is 0 Å². The molecule has 7 heteroatoms. The van der Waals surface area contributed by atoms with Gasteiger partial charge < -0.3 is 19.3 Å². The fraction of sp³-hybridized carbons (Fsp3) is 0.318. The van der Waals surface area contributed by atoms with Crippen LogP contribution in [0.3, 0.4) is 0 Å². The van der Waals surface area contributed by atoms with Crippen LogP contribution >= 0.6 is 0 Å². The first-order valence-electron chi connectivity index (χ1n) is 9.62. The highest BCUT2D eigenvalue weighted by atomic mass is 19.1. The standard InChI is InChI=1S/C22H22F2N2O3/c23-16-6-5-15-7-10-26(18(15)13-16)14-22(28)25-11-8-19(27)21(9-12-25)29-20-4-2-1-3-17(20)24/h1-7,10,13,19,21,27H,8-9,11-12,14H2/t19-,21-/m0/s1. The number of hydrogen-bond acceptors (Lipinski definition) is 3. The fourth-order valence-electron chi connectivity index (χ4n) is 3.69. The van der Waals surface area contributed by atoms with Gasteiger partial charge in [0.05, 0.1) is 11.6 Å². The number of aliphatic hydroxyl groups is 1. The van der Waals surface area contributed by atoms with E-state index in [-0.39, 0.29) is 24.0 Å². The lowest BCUT2D eigenvalue weighted by atomic mass is 10.1. The Morgan fingerprint density at radius 2 is 1.90 bits per heavy atom. The molecule has 1 amide bonds. The molecule has 1 aliphatic rings. The van der Waals surface area contributed by atoms with Gasteiger partial charge in [-0.05, 0) is 48.2 Å². The predicted octanol–water partition coefficient (Wildman–Crippen LogP) is 3.35. The van der Waals surface area contributed by atoms with Gasteiger partial charge in [-0.1, -0.05) is 12.1 Å². The Balaban J connectivity index is 1.42. The molecule has 0 unspecified atom stereocenters. The van der Waals surface area contributed by atoms with Crippen LogP contribution in [0.4, 0.5) is 8.78 Å². The number of benzene rings is 2. The SMILES string of the molecule is O=C(Cn1ccc2ccc(F)cc21)N1CC[C@H](Oc2ccccc2F)[C@@H](O)CC1. The number of likely N-dealkylation sites (tertiary alicyclic amines) is 1. The number of para-hydroxylation sites is 1. The highest BCUT2D eigenvalue weighted by Gasteiger charge is 2.29. The summed E-state index contributed by atoms with van der Waals surface area (Å²) in [5.41, 5.74) is 0.661. The van der Waals surface area contributed by atoms with Gasteiger partial charge in [-0.25, -0.2) is 8.78 Å². The van der Waals surface area contributed by atoms with E-state index in [1.165, 1.54) is 24.3 Å². The molecule has 5 nitrogen and oxygen atoms in total. The quantitative estimate of drug-likeness (QED) is 0.731. The number of fused-ring (bicyclic) bond motifs is 1. The molecule has 152 valence electrons. The molecule has 0 radical (unpaired) electrons. The molecule has 2 heterocycles. The first kappa shape index (κ1) is 19.4. The van der Waals surface area contributed by atoms with Crippen LogP contribution in [-0.2, 0) is 11.3 Å². The minimum atomic E-state index is -0.797. The Morgan fingerprint density at radius 1 is 1.10 bits per heavy atom. The second kappa shape index (κ2) is 8.21. The Labute approximate surface area is 167 Å². The number of aromatic nitrogens is 1. The van der Waals surface area contributed by atoms with Crippen LogP contribution < -0.4 is 4.74 Å². The van der Waals surface area contributed by atoms with E-state index < -0.39 is 18.0 Å². The highest BCUT2D eigenvalue weighted by molar-refractivity contribution is 5.83. The van der Waals surface area contributed by atoms with Crippen LogP contribution in [0.1, 0.15) is 12.8 Å². The average molecular weight is 400 g/mol. The van der Waals surface area contributed by atoms with Crippen molar-refractivity contribution in [2.45, 2.75) is 31.6 Å². The molecule has 4 rings (SSSR count). The zero-order valence-corrected chi connectivity index (χ0v) is 15.8. The molecule has 0 saturated carbocycles. The van der Waals surface area contributed by atoms with Gasteiger partial charge >= 0.3 is 0 Å². The Kier molecular flexibility index (Phi) is 5.49. The van der Waals surface area contributed by atoms with E-state index in [0.717, 1.165) is 5.39 Å². The van der Waals surface area contributed by atoms with E-state index in [1.54, 1.807) is 33.9 Å². The molecule has 2 atom stereocenters. The van der Waals surface area contributed by atoms with Crippen molar-refractivity contribution in [1.29, 1.82) is 0 Å². The minimum absolute atomic E-state index is 0.0852. The van der Waals surface area contributed by atoms with Gasteiger partial charge in [0.2, 0.25) is 5.91 Å². The van der Waals surface area contributed by atoms with Gasteiger partial charge in [-0.2, -0.15) is 0 Å². The number of ether oxygens (including phenoxy) is 1. The third-order valence-electron chi connectivity index (χ3n) is 5.32. The molecule has 0 aliphatic carbocycles. The van der Waals surface area contributed by atoms with Crippen molar-refractivity contribution in [3.63, 3.8) is 0 Å². The summed E-state index contributed by atoms with van der Waals surface area (Å²) in [7, 11) is 0. The molecule has 0 spiro atoms. The summed E-state index contributed by atoms with van der Waals surface area (Å²) in [6.45, 7) is 0.856. The lowest BCUT2D eigenvalue weighted by Crippen LogP contribution is -2.35. The second-order valence-corrected chi connectivity index (χ2v) is 7.26. The van der Waals surface area contributed by atoms with Gasteiger partial charge in [0, 0.05) is 25.7 Å². The number of rotatable bonds is 4. The molecule has 3 aromatic rings. The van der Waals surface area contributed by atoms with Crippen LogP contribution in [0.25, 0.3) is 10.9 Å². The van der Waals surface area contributed by atoms with Gasteiger partial charge in [0.15, 0.2) is 11.6 Å². The van der Waals surface area contributed by atoms with E-state index in [2.05, 4.69) is 0 Å². The maximum Gasteiger partial charge on any atom is 0.242 e. The average Bonchev–Trinajstić information content (AvgIpc) is 2.99. The molecular formula is C22H22F2N2O3. The molecule has 1 aromatic heterocycles. The Hall–Kier alpha value is -2.93. The number of carbonyl (C=O) groups excluding carboxylic acids is 1. The summed E-state index contributed by atoms with van der Waals surface area (Å²) in [5, 5.41) is 11.3. The van der Waals surface area contributed by atoms with Crippen molar-refractivity contribution in [2.24, 2.45) is 0 Å². The highest BCUT2D eigenvalue weighted by Crippen LogP contribution is 2.23. The van der Waals surface area contributed by atoms with Crippen molar-refractivity contribution in [2.75, 3.05) is 13.1 Å². The summed E-state index contributed by atoms with van der Waals surface area (Å²) >= 11 is 0. The van der Waals surface area contributed by atoms with Gasteiger partial charge in [-0.3, -0.25) is 4.79 Å². The second-order valence-electron chi connectivity index (χ2n) is 7.26. The summed E-state index contributed by atoms with van der Waals surface area (Å²) in [5.74, 6) is -0.859. The van der Waals surface area contributed by atoms with Crippen LogP contribution in [0.2, 0.25) is 0 Å². The number of amides is 1. The van der Waals surface area contributed by atoms with E-state index in [4.69, 9.17) is 4.74 Å². The van der Waals surface area contributed by atoms with E-state index in [1.807, 2.05) is 6.07 Å². The molecular weight excluding hydrogens is 378 g/mol. The van der Waals surface area contributed by atoms with E-state index in [0.29, 0.717) is 31.4 Å². The van der Waals surface area contributed by atoms with Crippen molar-refractivity contribution >= 4 is 16.8 Å². The van der Waals surface area contributed by atoms with Crippen LogP contribution in [0, 0.1) is 11.6 Å². The molecule has 0 bridgehead atoms. The maximum absolute atomic E-state index is 13.8. The number of nitrogens with zero attached hydrogens (tertiary/aromatic N) is 2. The van der Waals surface area contributed by atoms with Crippen molar-refractivity contribution in [3.05, 3.63) is 66.4 Å². The maximum atomic E-state index is 13.8. The van der Waals surface area contributed by atoms with Crippen molar-refractivity contribution in [1.82, 2.24) is 9.47 Å². The number of carbonyl (C=O) groups is 1. The molecule has 1 N–H and O–H groups in total. The number of hydrogen-bond donors (Lipinski definition) is 1. The Morgan fingerprint density at radius 3 is 2.72 bits per heavy atom. The molecule has 1 fully saturated rings. The summed E-state index contributed by atoms with van der Waals surface area (Å²) in [6.07, 6.45) is 1.10. The van der Waals surface area contributed by atoms with Gasteiger partial charge in [0.25, 0.3) is 0 Å².